The predicted octanol–water partition coefficient (Wildman–Crippen LogP) is 3.15. The molecule has 3 heteroatoms. The van der Waals surface area contributed by atoms with Gasteiger partial charge in [-0.1, -0.05) is 36.9 Å². The summed E-state index contributed by atoms with van der Waals surface area (Å²) in [7, 11) is 0. The van der Waals surface area contributed by atoms with Crippen molar-refractivity contribution in [1.29, 1.82) is 0 Å². The van der Waals surface area contributed by atoms with E-state index in [9.17, 15) is 9.90 Å². The first-order valence-corrected chi connectivity index (χ1v) is 5.40. The normalized spacial score (nSPS) is 10.0. The average molecular weight is 240 g/mol. The van der Waals surface area contributed by atoms with Crippen LogP contribution < -0.4 is 0 Å². The third kappa shape index (κ3) is 2.25. The van der Waals surface area contributed by atoms with E-state index in [-0.39, 0.29) is 11.3 Å². The Morgan fingerprint density at radius 2 is 1.50 bits per heavy atom. The number of carboxylic acid groups (broad SMARTS) is 1. The van der Waals surface area contributed by atoms with Gasteiger partial charge in [0.2, 0.25) is 0 Å². The lowest BCUT2D eigenvalue weighted by atomic mass is 9.95. The highest BCUT2D eigenvalue weighted by atomic mass is 16.4. The molecule has 3 nitrogen and oxygen atoms in total. The molecule has 2 aromatic carbocycles. The van der Waals surface area contributed by atoms with E-state index in [2.05, 4.69) is 6.58 Å². The molecule has 0 aromatic heterocycles. The summed E-state index contributed by atoms with van der Waals surface area (Å²) in [6, 6.07) is 13.2. The van der Waals surface area contributed by atoms with Crippen LogP contribution in [0.1, 0.15) is 21.5 Å². The van der Waals surface area contributed by atoms with Gasteiger partial charge >= 0.3 is 5.97 Å². The molecule has 0 aliphatic heterocycles. The monoisotopic (exact) mass is 240 g/mol. The fourth-order valence-electron chi connectivity index (χ4n) is 1.75. The van der Waals surface area contributed by atoms with Gasteiger partial charge in [-0.25, -0.2) is 4.79 Å². The first-order chi connectivity index (χ1) is 8.59. The molecule has 0 unspecified atom stereocenters. The van der Waals surface area contributed by atoms with E-state index in [0.29, 0.717) is 11.1 Å². The van der Waals surface area contributed by atoms with E-state index in [1.807, 2.05) is 0 Å². The first kappa shape index (κ1) is 11.9. The van der Waals surface area contributed by atoms with Crippen LogP contribution in [0.4, 0.5) is 0 Å². The van der Waals surface area contributed by atoms with E-state index in [1.165, 1.54) is 0 Å². The molecule has 2 N–H and O–H groups in total. The van der Waals surface area contributed by atoms with Crippen molar-refractivity contribution in [2.45, 2.75) is 0 Å². The Morgan fingerprint density at radius 3 is 2.06 bits per heavy atom. The predicted molar refractivity (Wildman–Crippen MR) is 69.6 cm³/mol. The van der Waals surface area contributed by atoms with Gasteiger partial charge in [-0.2, -0.15) is 0 Å². The highest BCUT2D eigenvalue weighted by molar-refractivity contribution is 5.96. The van der Waals surface area contributed by atoms with Crippen molar-refractivity contribution < 1.29 is 15.0 Å². The minimum absolute atomic E-state index is 0.165. The lowest BCUT2D eigenvalue weighted by Crippen LogP contribution is -2.01. The molecule has 0 spiro atoms. The van der Waals surface area contributed by atoms with Gasteiger partial charge < -0.3 is 10.2 Å². The van der Waals surface area contributed by atoms with Crippen molar-refractivity contribution in [2.24, 2.45) is 0 Å². The summed E-state index contributed by atoms with van der Waals surface area (Å²) in [5, 5.41) is 18.4. The van der Waals surface area contributed by atoms with Gasteiger partial charge in [-0.15, -0.1) is 0 Å². The Morgan fingerprint density at radius 1 is 0.944 bits per heavy atom. The zero-order chi connectivity index (χ0) is 13.1. The van der Waals surface area contributed by atoms with E-state index >= 15 is 0 Å². The van der Waals surface area contributed by atoms with Crippen LogP contribution in [0.5, 0.6) is 5.75 Å². The zero-order valence-corrected chi connectivity index (χ0v) is 9.63. The van der Waals surface area contributed by atoms with Crippen molar-refractivity contribution in [1.82, 2.24) is 0 Å². The average Bonchev–Trinajstić information content (AvgIpc) is 2.39. The SMILES string of the molecule is C=C(c1ccc(O)cc1)c1ccccc1C(=O)O. The maximum absolute atomic E-state index is 11.1. The molecule has 0 radical (unpaired) electrons. The quantitative estimate of drug-likeness (QED) is 0.866. The molecule has 0 aliphatic carbocycles. The number of benzene rings is 2. The smallest absolute Gasteiger partial charge is 0.336 e. The summed E-state index contributed by atoms with van der Waals surface area (Å²) in [5.41, 5.74) is 2.20. The highest BCUT2D eigenvalue weighted by Gasteiger charge is 2.12. The van der Waals surface area contributed by atoms with Gasteiger partial charge in [0.25, 0.3) is 0 Å². The number of hydrogen-bond donors (Lipinski definition) is 2. The molecular weight excluding hydrogens is 228 g/mol. The van der Waals surface area contributed by atoms with Crippen LogP contribution in [-0.4, -0.2) is 16.2 Å². The molecular formula is C15H12O3. The maximum Gasteiger partial charge on any atom is 0.336 e. The van der Waals surface area contributed by atoms with Crippen LogP contribution in [0.15, 0.2) is 55.1 Å². The minimum atomic E-state index is -0.981. The van der Waals surface area contributed by atoms with E-state index in [0.717, 1.165) is 5.56 Å². The molecule has 0 atom stereocenters. The summed E-state index contributed by atoms with van der Waals surface area (Å²) < 4.78 is 0. The van der Waals surface area contributed by atoms with Crippen LogP contribution in [-0.2, 0) is 0 Å². The number of phenols is 1. The number of carbonyl (C=O) groups is 1. The first-order valence-electron chi connectivity index (χ1n) is 5.40. The molecule has 0 fully saturated rings. The van der Waals surface area contributed by atoms with E-state index in [4.69, 9.17) is 5.11 Å². The molecule has 0 heterocycles. The molecule has 0 amide bonds. The zero-order valence-electron chi connectivity index (χ0n) is 9.63. The minimum Gasteiger partial charge on any atom is -0.508 e. The van der Waals surface area contributed by atoms with Gasteiger partial charge in [0.05, 0.1) is 5.56 Å². The van der Waals surface area contributed by atoms with Crippen molar-refractivity contribution in [2.75, 3.05) is 0 Å². The fraction of sp³-hybridized carbons (Fsp3) is 0. The Labute approximate surface area is 105 Å². The summed E-state index contributed by atoms with van der Waals surface area (Å²) in [6.45, 7) is 3.92. The molecule has 18 heavy (non-hydrogen) atoms. The Balaban J connectivity index is 2.46. The van der Waals surface area contributed by atoms with Crippen molar-refractivity contribution in [3.8, 4) is 5.75 Å². The summed E-state index contributed by atoms with van der Waals surface area (Å²) in [5.74, 6) is -0.816. The van der Waals surface area contributed by atoms with E-state index < -0.39 is 5.97 Å². The third-order valence-corrected chi connectivity index (χ3v) is 2.70. The summed E-state index contributed by atoms with van der Waals surface area (Å²) in [4.78, 5) is 11.1. The number of hydrogen-bond acceptors (Lipinski definition) is 2. The second-order valence-corrected chi connectivity index (χ2v) is 3.88. The van der Waals surface area contributed by atoms with Gasteiger partial charge in [0.15, 0.2) is 0 Å². The second kappa shape index (κ2) is 4.75. The standard InChI is InChI=1S/C15H12O3/c1-10(11-6-8-12(16)9-7-11)13-4-2-3-5-14(13)15(17)18/h2-9,16H,1H2,(H,17,18). The van der Waals surface area contributed by atoms with Crippen LogP contribution >= 0.6 is 0 Å². The molecule has 2 rings (SSSR count). The van der Waals surface area contributed by atoms with Gasteiger partial charge in [0, 0.05) is 0 Å². The lowest BCUT2D eigenvalue weighted by Gasteiger charge is -2.09. The van der Waals surface area contributed by atoms with Crippen LogP contribution in [0, 0.1) is 0 Å². The summed E-state index contributed by atoms with van der Waals surface area (Å²) in [6.07, 6.45) is 0. The number of aromatic hydroxyl groups is 1. The molecule has 2 aromatic rings. The van der Waals surface area contributed by atoms with Crippen LogP contribution in [0.25, 0.3) is 5.57 Å². The summed E-state index contributed by atoms with van der Waals surface area (Å²) >= 11 is 0. The molecule has 0 bridgehead atoms. The number of phenolic OH excluding ortho intramolecular Hbond substituents is 1. The fourth-order valence-corrected chi connectivity index (χ4v) is 1.75. The third-order valence-electron chi connectivity index (χ3n) is 2.70. The van der Waals surface area contributed by atoms with Crippen LogP contribution in [0.3, 0.4) is 0 Å². The lowest BCUT2D eigenvalue weighted by molar-refractivity contribution is 0.0696. The Hall–Kier alpha value is -2.55. The topological polar surface area (TPSA) is 57.5 Å². The van der Waals surface area contributed by atoms with E-state index in [1.54, 1.807) is 48.5 Å². The number of aromatic carboxylic acids is 1. The molecule has 0 saturated heterocycles. The largest absolute Gasteiger partial charge is 0.508 e. The molecule has 90 valence electrons. The van der Waals surface area contributed by atoms with Crippen molar-refractivity contribution >= 4 is 11.5 Å². The van der Waals surface area contributed by atoms with Crippen molar-refractivity contribution in [3.63, 3.8) is 0 Å². The van der Waals surface area contributed by atoms with Gasteiger partial charge in [0.1, 0.15) is 5.75 Å². The Bertz CT molecular complexity index is 597. The highest BCUT2D eigenvalue weighted by Crippen LogP contribution is 2.25. The number of carboxylic acids is 1. The molecule has 0 aliphatic rings. The van der Waals surface area contributed by atoms with Crippen LogP contribution in [0.2, 0.25) is 0 Å². The van der Waals surface area contributed by atoms with Crippen molar-refractivity contribution in [3.05, 3.63) is 71.8 Å². The molecule has 0 saturated carbocycles. The van der Waals surface area contributed by atoms with Gasteiger partial charge in [-0.3, -0.25) is 0 Å². The Kier molecular flexibility index (Phi) is 3.15. The number of rotatable bonds is 3. The van der Waals surface area contributed by atoms with Gasteiger partial charge in [-0.05, 0) is 34.9 Å². The second-order valence-electron chi connectivity index (χ2n) is 3.88. The maximum atomic E-state index is 11.1.